The Balaban J connectivity index is 1.96. The normalized spacial score (nSPS) is 10.4. The van der Waals surface area contributed by atoms with E-state index in [1.807, 2.05) is 42.5 Å². The van der Waals surface area contributed by atoms with Gasteiger partial charge in [-0.25, -0.2) is 5.84 Å². The van der Waals surface area contributed by atoms with Crippen molar-refractivity contribution in [3.63, 3.8) is 0 Å². The first-order valence-electron chi connectivity index (χ1n) is 6.33. The highest BCUT2D eigenvalue weighted by Gasteiger charge is 2.04. The van der Waals surface area contributed by atoms with Crippen molar-refractivity contribution in [3.05, 3.63) is 58.1 Å². The van der Waals surface area contributed by atoms with Gasteiger partial charge in [-0.05, 0) is 45.3 Å². The molecular formula is C15H16BrN3OS. The lowest BCUT2D eigenvalue weighted by atomic mass is 10.1. The van der Waals surface area contributed by atoms with E-state index in [0.29, 0.717) is 6.42 Å². The Hall–Kier alpha value is -1.50. The van der Waals surface area contributed by atoms with Crippen LogP contribution in [0.3, 0.4) is 0 Å². The molecule has 110 valence electrons. The van der Waals surface area contributed by atoms with Gasteiger partial charge in [0.05, 0.1) is 6.42 Å². The molecule has 6 heteroatoms. The summed E-state index contributed by atoms with van der Waals surface area (Å²) in [6, 6.07) is 13.7. The molecule has 0 aliphatic heterocycles. The molecule has 0 heterocycles. The van der Waals surface area contributed by atoms with E-state index in [4.69, 9.17) is 11.6 Å². The van der Waals surface area contributed by atoms with Crippen LogP contribution in [0.25, 0.3) is 0 Å². The SMILES string of the molecule is NNC(=O)Cc1ccc(CSc2ccc(N)cc2Br)cc1. The van der Waals surface area contributed by atoms with Gasteiger partial charge in [-0.15, -0.1) is 11.8 Å². The number of halogens is 1. The Morgan fingerprint density at radius 2 is 1.81 bits per heavy atom. The Morgan fingerprint density at radius 1 is 1.14 bits per heavy atom. The van der Waals surface area contributed by atoms with E-state index in [0.717, 1.165) is 26.4 Å². The molecule has 0 saturated carbocycles. The van der Waals surface area contributed by atoms with Crippen LogP contribution in [-0.2, 0) is 17.0 Å². The minimum Gasteiger partial charge on any atom is -0.399 e. The van der Waals surface area contributed by atoms with Crippen molar-refractivity contribution in [3.8, 4) is 0 Å². The average molecular weight is 366 g/mol. The first-order valence-corrected chi connectivity index (χ1v) is 8.11. The van der Waals surface area contributed by atoms with Gasteiger partial charge in [-0.2, -0.15) is 0 Å². The highest BCUT2D eigenvalue weighted by Crippen LogP contribution is 2.31. The average Bonchev–Trinajstić information content (AvgIpc) is 2.48. The summed E-state index contributed by atoms with van der Waals surface area (Å²) >= 11 is 5.24. The van der Waals surface area contributed by atoms with E-state index < -0.39 is 0 Å². The second-order valence-electron chi connectivity index (χ2n) is 4.54. The van der Waals surface area contributed by atoms with Crippen molar-refractivity contribution in [1.82, 2.24) is 5.43 Å². The molecule has 0 aliphatic rings. The van der Waals surface area contributed by atoms with Crippen LogP contribution in [0.5, 0.6) is 0 Å². The largest absolute Gasteiger partial charge is 0.399 e. The molecule has 5 N–H and O–H groups in total. The van der Waals surface area contributed by atoms with Crippen molar-refractivity contribution in [2.45, 2.75) is 17.1 Å². The van der Waals surface area contributed by atoms with Gasteiger partial charge in [0.1, 0.15) is 0 Å². The minimum absolute atomic E-state index is 0.192. The molecule has 0 spiro atoms. The van der Waals surface area contributed by atoms with Gasteiger partial charge in [-0.1, -0.05) is 24.3 Å². The summed E-state index contributed by atoms with van der Waals surface area (Å²) in [4.78, 5) is 12.3. The number of carbonyl (C=O) groups is 1. The molecule has 0 radical (unpaired) electrons. The van der Waals surface area contributed by atoms with Gasteiger partial charge in [0.15, 0.2) is 0 Å². The molecule has 2 aromatic carbocycles. The van der Waals surface area contributed by atoms with Crippen LogP contribution >= 0.6 is 27.7 Å². The van der Waals surface area contributed by atoms with Crippen LogP contribution in [0.15, 0.2) is 51.8 Å². The third-order valence-corrected chi connectivity index (χ3v) is 4.96. The molecule has 2 rings (SSSR count). The molecule has 1 amide bonds. The fourth-order valence-corrected chi connectivity index (χ4v) is 3.40. The predicted molar refractivity (Wildman–Crippen MR) is 90.6 cm³/mol. The summed E-state index contributed by atoms with van der Waals surface area (Å²) in [7, 11) is 0. The topological polar surface area (TPSA) is 81.1 Å². The summed E-state index contributed by atoms with van der Waals surface area (Å²) < 4.78 is 1.00. The highest BCUT2D eigenvalue weighted by molar-refractivity contribution is 9.10. The minimum atomic E-state index is -0.192. The number of nitrogens with two attached hydrogens (primary N) is 2. The molecule has 0 bridgehead atoms. The highest BCUT2D eigenvalue weighted by atomic mass is 79.9. The number of rotatable bonds is 5. The third-order valence-electron chi connectivity index (χ3n) is 2.90. The number of carbonyl (C=O) groups excluding carboxylic acids is 1. The van der Waals surface area contributed by atoms with Crippen LogP contribution in [0.1, 0.15) is 11.1 Å². The summed E-state index contributed by atoms with van der Waals surface area (Å²) in [5.41, 5.74) is 10.7. The van der Waals surface area contributed by atoms with Crippen molar-refractivity contribution >= 4 is 39.3 Å². The van der Waals surface area contributed by atoms with E-state index in [1.165, 1.54) is 5.56 Å². The maximum atomic E-state index is 11.2. The zero-order valence-electron chi connectivity index (χ0n) is 11.3. The molecule has 2 aromatic rings. The number of anilines is 1. The fraction of sp³-hybridized carbons (Fsp3) is 0.133. The van der Waals surface area contributed by atoms with Gasteiger partial charge < -0.3 is 5.73 Å². The number of nitrogens with one attached hydrogen (secondary N) is 1. The Morgan fingerprint density at radius 3 is 2.43 bits per heavy atom. The van der Waals surface area contributed by atoms with Crippen LogP contribution in [-0.4, -0.2) is 5.91 Å². The Kier molecular flexibility index (Phi) is 5.67. The lowest BCUT2D eigenvalue weighted by Crippen LogP contribution is -2.31. The molecule has 4 nitrogen and oxygen atoms in total. The molecule has 0 saturated heterocycles. The standard InChI is InChI=1S/C15H16BrN3OS/c16-13-8-12(17)5-6-14(13)21-9-11-3-1-10(2-4-11)7-15(20)19-18/h1-6,8H,7,9,17-18H2,(H,19,20). The number of nitrogen functional groups attached to an aromatic ring is 1. The molecule has 21 heavy (non-hydrogen) atoms. The smallest absolute Gasteiger partial charge is 0.238 e. The van der Waals surface area contributed by atoms with E-state index in [-0.39, 0.29) is 5.91 Å². The van der Waals surface area contributed by atoms with Gasteiger partial charge in [0, 0.05) is 20.8 Å². The van der Waals surface area contributed by atoms with Crippen LogP contribution in [0.4, 0.5) is 5.69 Å². The number of hydrogen-bond acceptors (Lipinski definition) is 4. The van der Waals surface area contributed by atoms with E-state index in [9.17, 15) is 4.79 Å². The van der Waals surface area contributed by atoms with Crippen LogP contribution in [0.2, 0.25) is 0 Å². The molecule has 0 aromatic heterocycles. The number of thioether (sulfide) groups is 1. The summed E-state index contributed by atoms with van der Waals surface area (Å²) in [5.74, 6) is 5.73. The molecular weight excluding hydrogens is 350 g/mol. The van der Waals surface area contributed by atoms with E-state index in [1.54, 1.807) is 11.8 Å². The number of hydrazine groups is 1. The number of amides is 1. The molecule has 0 aliphatic carbocycles. The van der Waals surface area contributed by atoms with Crippen molar-refractivity contribution in [2.75, 3.05) is 5.73 Å². The fourth-order valence-electron chi connectivity index (χ4n) is 1.78. The summed E-state index contributed by atoms with van der Waals surface area (Å²) in [5, 5.41) is 0. The molecule has 0 unspecified atom stereocenters. The number of benzene rings is 2. The summed E-state index contributed by atoms with van der Waals surface area (Å²) in [6.45, 7) is 0. The quantitative estimate of drug-likeness (QED) is 0.250. The van der Waals surface area contributed by atoms with E-state index >= 15 is 0 Å². The van der Waals surface area contributed by atoms with E-state index in [2.05, 4.69) is 21.4 Å². The first-order chi connectivity index (χ1) is 10.1. The Bertz CT molecular complexity index is 631. The van der Waals surface area contributed by atoms with Crippen LogP contribution < -0.4 is 17.0 Å². The first kappa shape index (κ1) is 15.9. The number of hydrogen-bond donors (Lipinski definition) is 3. The van der Waals surface area contributed by atoms with Gasteiger partial charge in [0.2, 0.25) is 5.91 Å². The summed E-state index contributed by atoms with van der Waals surface area (Å²) in [6.07, 6.45) is 0.299. The predicted octanol–water partition coefficient (Wildman–Crippen LogP) is 2.86. The maximum Gasteiger partial charge on any atom is 0.238 e. The molecule has 0 fully saturated rings. The molecule has 0 atom stereocenters. The van der Waals surface area contributed by atoms with Crippen molar-refractivity contribution in [1.29, 1.82) is 0 Å². The lowest BCUT2D eigenvalue weighted by molar-refractivity contribution is -0.120. The van der Waals surface area contributed by atoms with Gasteiger partial charge in [0.25, 0.3) is 0 Å². The second kappa shape index (κ2) is 7.49. The maximum absolute atomic E-state index is 11.2. The third kappa shape index (κ3) is 4.77. The van der Waals surface area contributed by atoms with Crippen molar-refractivity contribution < 1.29 is 4.79 Å². The van der Waals surface area contributed by atoms with Gasteiger partial charge in [-0.3, -0.25) is 10.2 Å². The Labute approximate surface area is 136 Å². The van der Waals surface area contributed by atoms with Crippen molar-refractivity contribution in [2.24, 2.45) is 5.84 Å². The lowest BCUT2D eigenvalue weighted by Gasteiger charge is -2.06. The monoisotopic (exact) mass is 365 g/mol. The van der Waals surface area contributed by atoms with Crippen LogP contribution in [0, 0.1) is 0 Å². The second-order valence-corrected chi connectivity index (χ2v) is 6.41. The van der Waals surface area contributed by atoms with Gasteiger partial charge >= 0.3 is 0 Å². The zero-order valence-corrected chi connectivity index (χ0v) is 13.7. The zero-order chi connectivity index (χ0) is 15.2.